The first-order valence-electron chi connectivity index (χ1n) is 12.7. The van der Waals surface area contributed by atoms with Gasteiger partial charge in [0.05, 0.1) is 16.8 Å². The fourth-order valence-corrected chi connectivity index (χ4v) is 5.88. The number of rotatable bonds is 9. The smallest absolute Gasteiger partial charge is 0.296 e. The number of fused-ring (bicyclic) bond motifs is 1. The summed E-state index contributed by atoms with van der Waals surface area (Å²) in [5.41, 5.74) is 9.59. The lowest BCUT2D eigenvalue weighted by Crippen LogP contribution is -2.11. The number of nitrogens with two attached hydrogens (primary N) is 1. The molecule has 0 radical (unpaired) electrons. The number of carbonyl (C=O) groups is 1. The molecule has 224 valence electrons. The van der Waals surface area contributed by atoms with Crippen molar-refractivity contribution < 1.29 is 35.8 Å². The van der Waals surface area contributed by atoms with Crippen LogP contribution in [0.4, 0.5) is 22.7 Å². The summed E-state index contributed by atoms with van der Waals surface area (Å²) in [7, 11) is -10.0. The van der Waals surface area contributed by atoms with E-state index in [0.717, 1.165) is 22.3 Å². The second-order valence-electron chi connectivity index (χ2n) is 9.70. The highest BCUT2D eigenvalue weighted by atomic mass is 32.2. The van der Waals surface area contributed by atoms with Crippen molar-refractivity contribution in [3.8, 4) is 16.9 Å². The minimum Gasteiger partial charge on any atom is -0.505 e. The molecule has 0 spiro atoms. The van der Waals surface area contributed by atoms with Crippen molar-refractivity contribution in [1.82, 2.24) is 0 Å². The van der Waals surface area contributed by atoms with Gasteiger partial charge in [0, 0.05) is 17.5 Å². The molecule has 0 aliphatic rings. The molecule has 0 aliphatic heterocycles. The molecule has 0 bridgehead atoms. The molecule has 0 heterocycles. The molecule has 14 heteroatoms. The Labute approximate surface area is 248 Å². The molecule has 0 aromatic heterocycles. The third kappa shape index (κ3) is 6.73. The van der Waals surface area contributed by atoms with E-state index < -0.39 is 46.9 Å². The van der Waals surface area contributed by atoms with Crippen LogP contribution in [0.5, 0.6) is 5.75 Å². The molecule has 4 rings (SSSR count). The standard InChI is InChI=1S/C29H28N4O8S2/c1-4-5-6-26(34)31-21-10-7-18(13-16(21)2)19-8-11-22(17(3)14-19)32-33-23-12-9-20-24(42(36,37)38)15-25(43(39,40)41)28(30)27(20)29(23)35/h4,7-15,35H,1,5-6,30H2,2-3H3,(H,31,34)(H,36,37,38)(H,39,40,41)/b33-32+. The Morgan fingerprint density at radius 2 is 1.47 bits per heavy atom. The Kier molecular flexibility index (Phi) is 8.69. The van der Waals surface area contributed by atoms with Gasteiger partial charge in [-0.1, -0.05) is 24.3 Å². The van der Waals surface area contributed by atoms with E-state index in [2.05, 4.69) is 22.1 Å². The largest absolute Gasteiger partial charge is 0.505 e. The molecule has 6 N–H and O–H groups in total. The minimum atomic E-state index is -5.03. The topological polar surface area (TPSA) is 209 Å². The zero-order valence-electron chi connectivity index (χ0n) is 23.1. The maximum Gasteiger partial charge on any atom is 0.296 e. The molecule has 0 unspecified atom stereocenters. The number of aryl methyl sites for hydroxylation is 2. The van der Waals surface area contributed by atoms with Gasteiger partial charge in [0.1, 0.15) is 15.5 Å². The van der Waals surface area contributed by atoms with E-state index in [1.807, 2.05) is 37.3 Å². The molecule has 0 fully saturated rings. The van der Waals surface area contributed by atoms with Crippen molar-refractivity contribution in [3.63, 3.8) is 0 Å². The number of hydrogen-bond acceptors (Lipinski definition) is 9. The van der Waals surface area contributed by atoms with E-state index in [4.69, 9.17) is 5.73 Å². The van der Waals surface area contributed by atoms with Crippen LogP contribution in [0.2, 0.25) is 0 Å². The number of nitrogens with zero attached hydrogens (tertiary/aromatic N) is 2. The first-order valence-corrected chi connectivity index (χ1v) is 15.6. The van der Waals surface area contributed by atoms with Gasteiger partial charge in [0.25, 0.3) is 20.2 Å². The van der Waals surface area contributed by atoms with Crippen molar-refractivity contribution in [1.29, 1.82) is 0 Å². The van der Waals surface area contributed by atoms with E-state index in [-0.39, 0.29) is 17.0 Å². The third-order valence-corrected chi connectivity index (χ3v) is 8.43. The number of carbonyl (C=O) groups excluding carboxylic acids is 1. The quantitative estimate of drug-likeness (QED) is 0.0618. The Morgan fingerprint density at radius 3 is 2.05 bits per heavy atom. The maximum atomic E-state index is 12.1. The van der Waals surface area contributed by atoms with Crippen LogP contribution in [0.1, 0.15) is 24.0 Å². The lowest BCUT2D eigenvalue weighted by molar-refractivity contribution is -0.116. The van der Waals surface area contributed by atoms with Crippen LogP contribution in [-0.2, 0) is 25.0 Å². The van der Waals surface area contributed by atoms with Gasteiger partial charge in [-0.15, -0.1) is 11.7 Å². The molecule has 0 atom stereocenters. The number of nitrogens with one attached hydrogen (secondary N) is 1. The number of nitrogen functional groups attached to an aromatic ring is 1. The summed E-state index contributed by atoms with van der Waals surface area (Å²) in [5.74, 6) is -0.810. The minimum absolute atomic E-state index is 0.0980. The molecule has 0 saturated carbocycles. The van der Waals surface area contributed by atoms with E-state index in [9.17, 15) is 35.8 Å². The Bertz CT molecular complexity index is 2040. The molecule has 0 saturated heterocycles. The van der Waals surface area contributed by atoms with Crippen molar-refractivity contribution in [2.75, 3.05) is 11.1 Å². The van der Waals surface area contributed by atoms with Crippen LogP contribution in [0.25, 0.3) is 21.9 Å². The van der Waals surface area contributed by atoms with Crippen molar-refractivity contribution in [2.45, 2.75) is 36.5 Å². The number of allylic oxidation sites excluding steroid dienone is 1. The Balaban J connectivity index is 1.68. The molecular formula is C29H28N4O8S2. The first kappa shape index (κ1) is 31.3. The first-order chi connectivity index (χ1) is 20.1. The van der Waals surface area contributed by atoms with Crippen molar-refractivity contribution >= 4 is 59.7 Å². The van der Waals surface area contributed by atoms with Gasteiger partial charge in [-0.05, 0) is 78.9 Å². The van der Waals surface area contributed by atoms with Crippen molar-refractivity contribution in [2.24, 2.45) is 10.2 Å². The number of azo groups is 1. The second-order valence-corrected chi connectivity index (χ2v) is 12.5. The maximum absolute atomic E-state index is 12.1. The Morgan fingerprint density at radius 1 is 0.884 bits per heavy atom. The second kappa shape index (κ2) is 11.9. The highest BCUT2D eigenvalue weighted by Gasteiger charge is 2.26. The predicted molar refractivity (Wildman–Crippen MR) is 163 cm³/mol. The summed E-state index contributed by atoms with van der Waals surface area (Å²) in [6.07, 6.45) is 2.62. The molecular weight excluding hydrogens is 596 g/mol. The molecule has 4 aromatic carbocycles. The molecule has 43 heavy (non-hydrogen) atoms. The zero-order valence-corrected chi connectivity index (χ0v) is 24.7. The number of amides is 1. The van der Waals surface area contributed by atoms with Gasteiger partial charge in [0.2, 0.25) is 5.91 Å². The van der Waals surface area contributed by atoms with Crippen LogP contribution < -0.4 is 11.1 Å². The molecule has 1 amide bonds. The van der Waals surface area contributed by atoms with Gasteiger partial charge in [-0.3, -0.25) is 13.9 Å². The van der Waals surface area contributed by atoms with E-state index in [1.54, 1.807) is 19.1 Å². The summed E-state index contributed by atoms with van der Waals surface area (Å²) < 4.78 is 66.6. The summed E-state index contributed by atoms with van der Waals surface area (Å²) in [6.45, 7) is 7.31. The van der Waals surface area contributed by atoms with E-state index in [1.165, 1.54) is 12.1 Å². The van der Waals surface area contributed by atoms with Gasteiger partial charge in [-0.25, -0.2) is 0 Å². The molecule has 4 aromatic rings. The SMILES string of the molecule is C=CCCC(=O)Nc1ccc(-c2ccc(/N=N/c3ccc4c(S(=O)(=O)O)cc(S(=O)(=O)O)c(N)c4c3O)c(C)c2)cc1C. The monoisotopic (exact) mass is 624 g/mol. The molecule has 12 nitrogen and oxygen atoms in total. The number of benzene rings is 4. The fourth-order valence-electron chi connectivity index (χ4n) is 4.45. The normalized spacial score (nSPS) is 12.1. The van der Waals surface area contributed by atoms with Crippen LogP contribution >= 0.6 is 0 Å². The third-order valence-electron chi connectivity index (χ3n) is 6.65. The number of anilines is 2. The number of phenols is 1. The fraction of sp³-hybridized carbons (Fsp3) is 0.138. The average molecular weight is 625 g/mol. The lowest BCUT2D eigenvalue weighted by atomic mass is 10.00. The van der Waals surface area contributed by atoms with Crippen LogP contribution in [0.15, 0.2) is 87.3 Å². The van der Waals surface area contributed by atoms with E-state index >= 15 is 0 Å². The van der Waals surface area contributed by atoms with Crippen LogP contribution in [-0.4, -0.2) is 37.0 Å². The zero-order chi connectivity index (χ0) is 31.7. The van der Waals surface area contributed by atoms with E-state index in [0.29, 0.717) is 30.3 Å². The predicted octanol–water partition coefficient (Wildman–Crippen LogP) is 6.22. The highest BCUT2D eigenvalue weighted by molar-refractivity contribution is 7.87. The number of hydrogen-bond donors (Lipinski definition) is 5. The lowest BCUT2D eigenvalue weighted by Gasteiger charge is -2.13. The van der Waals surface area contributed by atoms with Crippen LogP contribution in [0.3, 0.4) is 0 Å². The highest BCUT2D eigenvalue weighted by Crippen LogP contribution is 2.44. The van der Waals surface area contributed by atoms with Gasteiger partial charge < -0.3 is 16.2 Å². The van der Waals surface area contributed by atoms with Gasteiger partial charge in [-0.2, -0.15) is 21.9 Å². The van der Waals surface area contributed by atoms with Gasteiger partial charge >= 0.3 is 0 Å². The molecule has 0 aliphatic carbocycles. The summed E-state index contributed by atoms with van der Waals surface area (Å²) >= 11 is 0. The van der Waals surface area contributed by atoms with Crippen LogP contribution in [0, 0.1) is 13.8 Å². The van der Waals surface area contributed by atoms with Crippen molar-refractivity contribution in [3.05, 3.63) is 78.4 Å². The summed E-state index contributed by atoms with van der Waals surface area (Å²) in [5, 5.41) is 21.2. The Hall–Kier alpha value is -4.63. The summed E-state index contributed by atoms with van der Waals surface area (Å²) in [4.78, 5) is 10.2. The number of phenolic OH excluding ortho intramolecular Hbond substituents is 1. The number of aromatic hydroxyl groups is 1. The summed E-state index contributed by atoms with van der Waals surface area (Å²) in [6, 6.07) is 13.9. The average Bonchev–Trinajstić information content (AvgIpc) is 2.91. The van der Waals surface area contributed by atoms with Gasteiger partial charge in [0.15, 0.2) is 5.75 Å².